The van der Waals surface area contributed by atoms with Gasteiger partial charge in [0.1, 0.15) is 18.0 Å². The van der Waals surface area contributed by atoms with Gasteiger partial charge in [-0.25, -0.2) is 0 Å². The van der Waals surface area contributed by atoms with E-state index in [1.54, 1.807) is 30.3 Å². The summed E-state index contributed by atoms with van der Waals surface area (Å²) in [6.07, 6.45) is 1.42. The molecule has 0 fully saturated rings. The van der Waals surface area contributed by atoms with Gasteiger partial charge >= 0.3 is 0 Å². The summed E-state index contributed by atoms with van der Waals surface area (Å²) in [6, 6.07) is 8.38. The molecule has 0 aromatic heterocycles. The minimum Gasteiger partial charge on any atom is -0.506 e. The van der Waals surface area contributed by atoms with E-state index in [1.807, 2.05) is 6.92 Å². The zero-order chi connectivity index (χ0) is 17.0. The lowest BCUT2D eigenvalue weighted by molar-refractivity contribution is -0.114. The summed E-state index contributed by atoms with van der Waals surface area (Å²) in [7, 11) is 0. The van der Waals surface area contributed by atoms with E-state index >= 15 is 0 Å². The lowest BCUT2D eigenvalue weighted by Gasteiger charge is -2.06. The van der Waals surface area contributed by atoms with Crippen LogP contribution in [0.3, 0.4) is 0 Å². The van der Waals surface area contributed by atoms with E-state index in [0.717, 1.165) is 10.0 Å². The van der Waals surface area contributed by atoms with E-state index in [2.05, 4.69) is 42.2 Å². The Morgan fingerprint density at radius 3 is 2.70 bits per heavy atom. The minimum atomic E-state index is -0.367. The maximum absolute atomic E-state index is 11.8. The van der Waals surface area contributed by atoms with Crippen molar-refractivity contribution >= 4 is 49.7 Å². The van der Waals surface area contributed by atoms with Crippen molar-refractivity contribution in [1.29, 1.82) is 0 Å². The Kier molecular flexibility index (Phi) is 5.79. The molecule has 0 heterocycles. The van der Waals surface area contributed by atoms with Crippen LogP contribution in [0, 0.1) is 6.92 Å². The van der Waals surface area contributed by atoms with Crippen molar-refractivity contribution in [2.75, 3.05) is 11.9 Å². The average molecular weight is 442 g/mol. The first-order valence-corrected chi connectivity index (χ1v) is 8.22. The molecule has 0 atom stereocenters. The second kappa shape index (κ2) is 7.61. The molecule has 0 aliphatic rings. The molecule has 0 aliphatic heterocycles. The average Bonchev–Trinajstić information content (AvgIpc) is 2.47. The van der Waals surface area contributed by atoms with Crippen LogP contribution < -0.4 is 5.32 Å². The van der Waals surface area contributed by atoms with Crippen molar-refractivity contribution in [2.24, 2.45) is 4.99 Å². The normalized spacial score (nSPS) is 10.9. The number of carbonyl (C=O) groups excluding carboxylic acids is 1. The van der Waals surface area contributed by atoms with Crippen molar-refractivity contribution in [1.82, 2.24) is 0 Å². The molecule has 5 nitrogen and oxygen atoms in total. The molecule has 7 heteroatoms. The Morgan fingerprint density at radius 1 is 1.26 bits per heavy atom. The number of phenols is 2. The number of nitrogens with one attached hydrogen (secondary N) is 1. The molecule has 120 valence electrons. The highest BCUT2D eigenvalue weighted by Crippen LogP contribution is 2.30. The first-order chi connectivity index (χ1) is 10.9. The topological polar surface area (TPSA) is 81.9 Å². The highest BCUT2D eigenvalue weighted by atomic mass is 79.9. The molecular weight excluding hydrogens is 428 g/mol. The number of amides is 1. The molecule has 0 saturated carbocycles. The summed E-state index contributed by atoms with van der Waals surface area (Å²) in [5.41, 5.74) is 1.72. The number of benzene rings is 2. The number of aliphatic imine (C=N–C) groups is 1. The van der Waals surface area contributed by atoms with Crippen LogP contribution in [0.1, 0.15) is 11.1 Å². The number of rotatable bonds is 4. The number of carbonyl (C=O) groups is 1. The fourth-order valence-electron chi connectivity index (χ4n) is 1.85. The van der Waals surface area contributed by atoms with Crippen molar-refractivity contribution in [3.8, 4) is 11.5 Å². The van der Waals surface area contributed by atoms with Gasteiger partial charge in [0.25, 0.3) is 0 Å². The van der Waals surface area contributed by atoms with Gasteiger partial charge in [-0.2, -0.15) is 0 Å². The van der Waals surface area contributed by atoms with Crippen molar-refractivity contribution in [2.45, 2.75) is 6.92 Å². The first-order valence-electron chi connectivity index (χ1n) is 6.64. The maximum atomic E-state index is 11.8. The minimum absolute atomic E-state index is 0.0101. The standard InChI is InChI=1S/C16H14Br2N2O3/c1-9-2-3-13(14(21)4-9)20-15(22)8-19-7-10-5-11(17)6-12(18)16(10)23/h2-7,21,23H,8H2,1H3,(H,20,22). The van der Waals surface area contributed by atoms with E-state index < -0.39 is 0 Å². The smallest absolute Gasteiger partial charge is 0.246 e. The van der Waals surface area contributed by atoms with Crippen LogP contribution in [0.5, 0.6) is 11.5 Å². The molecule has 0 radical (unpaired) electrons. The predicted octanol–water partition coefficient (Wildman–Crippen LogP) is 3.99. The maximum Gasteiger partial charge on any atom is 0.246 e. The third kappa shape index (κ3) is 4.80. The van der Waals surface area contributed by atoms with Crippen molar-refractivity contribution in [3.63, 3.8) is 0 Å². The molecule has 1 amide bonds. The summed E-state index contributed by atoms with van der Waals surface area (Å²) in [4.78, 5) is 15.8. The molecule has 2 rings (SSSR count). The van der Waals surface area contributed by atoms with Crippen LogP contribution in [0.2, 0.25) is 0 Å². The Bertz CT molecular complexity index is 776. The van der Waals surface area contributed by atoms with E-state index in [1.165, 1.54) is 6.21 Å². The number of aromatic hydroxyl groups is 2. The Labute approximate surface area is 150 Å². The van der Waals surface area contributed by atoms with Crippen LogP contribution >= 0.6 is 31.9 Å². The van der Waals surface area contributed by atoms with Crippen LogP contribution in [0.25, 0.3) is 0 Å². The van der Waals surface area contributed by atoms with E-state index in [9.17, 15) is 15.0 Å². The zero-order valence-corrected chi connectivity index (χ0v) is 15.3. The number of halogens is 2. The van der Waals surface area contributed by atoms with Crippen LogP contribution in [0.4, 0.5) is 5.69 Å². The van der Waals surface area contributed by atoms with Crippen molar-refractivity contribution < 1.29 is 15.0 Å². The number of nitrogens with zero attached hydrogens (tertiary/aromatic N) is 1. The number of aryl methyl sites for hydroxylation is 1. The molecular formula is C16H14Br2N2O3. The second-order valence-electron chi connectivity index (χ2n) is 4.86. The number of anilines is 1. The van der Waals surface area contributed by atoms with E-state index in [-0.39, 0.29) is 24.0 Å². The molecule has 3 N–H and O–H groups in total. The van der Waals surface area contributed by atoms with E-state index in [0.29, 0.717) is 15.7 Å². The molecule has 2 aromatic rings. The monoisotopic (exact) mass is 440 g/mol. The highest BCUT2D eigenvalue weighted by molar-refractivity contribution is 9.11. The Hall–Kier alpha value is -1.86. The molecule has 2 aromatic carbocycles. The van der Waals surface area contributed by atoms with Gasteiger partial charge in [-0.15, -0.1) is 0 Å². The van der Waals surface area contributed by atoms with Crippen LogP contribution in [-0.4, -0.2) is 28.9 Å². The Balaban J connectivity index is 2.02. The van der Waals surface area contributed by atoms with Gasteiger partial charge in [-0.3, -0.25) is 9.79 Å². The summed E-state index contributed by atoms with van der Waals surface area (Å²) in [5, 5.41) is 22.2. The predicted molar refractivity (Wildman–Crippen MR) is 97.4 cm³/mol. The van der Waals surface area contributed by atoms with Gasteiger partial charge < -0.3 is 15.5 Å². The van der Waals surface area contributed by atoms with Gasteiger partial charge in [-0.1, -0.05) is 22.0 Å². The van der Waals surface area contributed by atoms with Gasteiger partial charge in [0.15, 0.2) is 0 Å². The molecule has 0 saturated heterocycles. The van der Waals surface area contributed by atoms with Crippen LogP contribution in [0.15, 0.2) is 44.3 Å². The quantitative estimate of drug-likeness (QED) is 0.495. The summed E-state index contributed by atoms with van der Waals surface area (Å²) in [5.74, 6) is -0.307. The first kappa shape index (κ1) is 17.5. The summed E-state index contributed by atoms with van der Waals surface area (Å²) < 4.78 is 1.31. The lowest BCUT2D eigenvalue weighted by Crippen LogP contribution is -2.15. The zero-order valence-electron chi connectivity index (χ0n) is 12.2. The van der Waals surface area contributed by atoms with Gasteiger partial charge in [0.05, 0.1) is 10.2 Å². The number of hydrogen-bond donors (Lipinski definition) is 3. The molecule has 0 bridgehead atoms. The van der Waals surface area contributed by atoms with Gasteiger partial charge in [-0.05, 0) is 52.7 Å². The van der Waals surface area contributed by atoms with Gasteiger partial charge in [0, 0.05) is 16.3 Å². The Morgan fingerprint density at radius 2 is 2.00 bits per heavy atom. The molecule has 0 aliphatic carbocycles. The lowest BCUT2D eigenvalue weighted by atomic mass is 10.2. The number of hydrogen-bond acceptors (Lipinski definition) is 4. The molecule has 23 heavy (non-hydrogen) atoms. The number of phenolic OH excluding ortho intramolecular Hbond substituents is 2. The molecule has 0 spiro atoms. The van der Waals surface area contributed by atoms with Gasteiger partial charge in [0.2, 0.25) is 5.91 Å². The largest absolute Gasteiger partial charge is 0.506 e. The highest BCUT2D eigenvalue weighted by Gasteiger charge is 2.07. The summed E-state index contributed by atoms with van der Waals surface area (Å²) in [6.45, 7) is 1.72. The third-order valence-corrected chi connectivity index (χ3v) is 4.01. The van der Waals surface area contributed by atoms with E-state index in [4.69, 9.17) is 0 Å². The third-order valence-electron chi connectivity index (χ3n) is 2.95. The molecule has 0 unspecified atom stereocenters. The van der Waals surface area contributed by atoms with Crippen molar-refractivity contribution in [3.05, 3.63) is 50.4 Å². The second-order valence-corrected chi connectivity index (χ2v) is 6.63. The fraction of sp³-hybridized carbons (Fsp3) is 0.125. The fourth-order valence-corrected chi connectivity index (χ4v) is 3.11. The van der Waals surface area contributed by atoms with Crippen LogP contribution in [-0.2, 0) is 4.79 Å². The summed E-state index contributed by atoms with van der Waals surface area (Å²) >= 11 is 6.54. The SMILES string of the molecule is Cc1ccc(NC(=O)CN=Cc2cc(Br)cc(Br)c2O)c(O)c1.